The molecule has 3 rings (SSSR count). The van der Waals surface area contributed by atoms with Crippen LogP contribution in [0.4, 0.5) is 5.82 Å². The van der Waals surface area contributed by atoms with Gasteiger partial charge in [0.15, 0.2) is 11.5 Å². The molecule has 0 bridgehead atoms. The lowest BCUT2D eigenvalue weighted by Gasteiger charge is -2.33. The minimum atomic E-state index is -0.124. The molecule has 0 unspecified atom stereocenters. The summed E-state index contributed by atoms with van der Waals surface area (Å²) in [5.41, 5.74) is 1.43. The van der Waals surface area contributed by atoms with Crippen LogP contribution in [0.2, 0.25) is 0 Å². The maximum Gasteiger partial charge on any atom is 0.274 e. The third-order valence-electron chi connectivity index (χ3n) is 4.54. The van der Waals surface area contributed by atoms with Gasteiger partial charge in [-0.15, -0.1) is 10.2 Å². The average molecular weight is 353 g/mol. The van der Waals surface area contributed by atoms with Gasteiger partial charge in [-0.25, -0.2) is 0 Å². The Morgan fingerprint density at radius 2 is 1.81 bits per heavy atom. The number of nitrogens with zero attached hydrogens (tertiary/aromatic N) is 5. The Morgan fingerprint density at radius 1 is 1.08 bits per heavy atom. The van der Waals surface area contributed by atoms with Crippen LogP contribution in [0.3, 0.4) is 0 Å². The Kier molecular flexibility index (Phi) is 5.78. The lowest BCUT2D eigenvalue weighted by molar-refractivity contribution is -0.118. The SMILES string of the molecule is CCN(Cc1ccccc1)C(=O)c1ccc(N2CCN(C=O)CC2)nn1. The summed E-state index contributed by atoms with van der Waals surface area (Å²) >= 11 is 0. The maximum atomic E-state index is 12.7. The molecule has 136 valence electrons. The van der Waals surface area contributed by atoms with Crippen molar-refractivity contribution >= 4 is 18.1 Å². The fourth-order valence-corrected chi connectivity index (χ4v) is 2.96. The summed E-state index contributed by atoms with van der Waals surface area (Å²) in [6.45, 7) is 5.89. The van der Waals surface area contributed by atoms with Crippen LogP contribution in [0.5, 0.6) is 0 Å². The minimum absolute atomic E-state index is 0.124. The van der Waals surface area contributed by atoms with Gasteiger partial charge in [0, 0.05) is 39.3 Å². The Bertz CT molecular complexity index is 727. The van der Waals surface area contributed by atoms with Gasteiger partial charge in [0.05, 0.1) is 0 Å². The second kappa shape index (κ2) is 8.42. The number of carbonyl (C=O) groups is 2. The van der Waals surface area contributed by atoms with E-state index in [-0.39, 0.29) is 5.91 Å². The molecule has 1 fully saturated rings. The van der Waals surface area contributed by atoms with Gasteiger partial charge in [-0.3, -0.25) is 9.59 Å². The smallest absolute Gasteiger partial charge is 0.274 e. The number of benzene rings is 1. The highest BCUT2D eigenvalue weighted by atomic mass is 16.2. The Hall–Kier alpha value is -2.96. The lowest BCUT2D eigenvalue weighted by Crippen LogP contribution is -2.46. The first-order valence-corrected chi connectivity index (χ1v) is 8.82. The summed E-state index contributed by atoms with van der Waals surface area (Å²) in [6.07, 6.45) is 0.872. The predicted octanol–water partition coefficient (Wildman–Crippen LogP) is 1.42. The molecular weight excluding hydrogens is 330 g/mol. The van der Waals surface area contributed by atoms with Gasteiger partial charge in [0.25, 0.3) is 5.91 Å². The second-order valence-corrected chi connectivity index (χ2v) is 6.21. The molecule has 2 amide bonds. The van der Waals surface area contributed by atoms with Crippen LogP contribution >= 0.6 is 0 Å². The Balaban J connectivity index is 1.65. The monoisotopic (exact) mass is 353 g/mol. The molecule has 1 aromatic heterocycles. The van der Waals surface area contributed by atoms with Crippen LogP contribution in [-0.2, 0) is 11.3 Å². The topological polar surface area (TPSA) is 69.6 Å². The van der Waals surface area contributed by atoms with E-state index in [1.807, 2.05) is 43.3 Å². The van der Waals surface area contributed by atoms with E-state index in [9.17, 15) is 9.59 Å². The molecular formula is C19H23N5O2. The zero-order valence-corrected chi connectivity index (χ0v) is 14.9. The van der Waals surface area contributed by atoms with Crippen molar-refractivity contribution in [3.63, 3.8) is 0 Å². The van der Waals surface area contributed by atoms with Crippen molar-refractivity contribution in [1.29, 1.82) is 0 Å². The molecule has 0 atom stereocenters. The van der Waals surface area contributed by atoms with E-state index in [0.29, 0.717) is 31.9 Å². The number of hydrogen-bond acceptors (Lipinski definition) is 5. The van der Waals surface area contributed by atoms with Crippen LogP contribution in [-0.4, -0.2) is 65.0 Å². The molecule has 7 heteroatoms. The summed E-state index contributed by atoms with van der Waals surface area (Å²) in [4.78, 5) is 29.1. The van der Waals surface area contributed by atoms with Gasteiger partial charge in [0.2, 0.25) is 6.41 Å². The average Bonchev–Trinajstić information content (AvgIpc) is 2.72. The van der Waals surface area contributed by atoms with E-state index in [0.717, 1.165) is 30.9 Å². The molecule has 1 aliphatic rings. The molecule has 0 radical (unpaired) electrons. The van der Waals surface area contributed by atoms with E-state index >= 15 is 0 Å². The van der Waals surface area contributed by atoms with E-state index < -0.39 is 0 Å². The quantitative estimate of drug-likeness (QED) is 0.735. The predicted molar refractivity (Wildman–Crippen MR) is 98.7 cm³/mol. The lowest BCUT2D eigenvalue weighted by atomic mass is 10.2. The normalized spacial score (nSPS) is 14.2. The maximum absolute atomic E-state index is 12.7. The van der Waals surface area contributed by atoms with Crippen LogP contribution in [0.15, 0.2) is 42.5 Å². The largest absolute Gasteiger partial charge is 0.352 e. The van der Waals surface area contributed by atoms with Crippen molar-refractivity contribution in [3.8, 4) is 0 Å². The second-order valence-electron chi connectivity index (χ2n) is 6.21. The van der Waals surface area contributed by atoms with Crippen molar-refractivity contribution in [2.45, 2.75) is 13.5 Å². The first-order chi connectivity index (χ1) is 12.7. The fourth-order valence-electron chi connectivity index (χ4n) is 2.96. The number of aromatic nitrogens is 2. The number of piperazine rings is 1. The van der Waals surface area contributed by atoms with Gasteiger partial charge < -0.3 is 14.7 Å². The Labute approximate surface area is 153 Å². The number of anilines is 1. The zero-order valence-electron chi connectivity index (χ0n) is 14.9. The molecule has 2 heterocycles. The van der Waals surface area contributed by atoms with E-state index in [1.165, 1.54) is 0 Å². The third kappa shape index (κ3) is 4.17. The molecule has 7 nitrogen and oxygen atoms in total. The van der Waals surface area contributed by atoms with Crippen molar-refractivity contribution in [3.05, 3.63) is 53.7 Å². The highest BCUT2D eigenvalue weighted by Crippen LogP contribution is 2.14. The molecule has 2 aromatic rings. The molecule has 1 aliphatic heterocycles. The summed E-state index contributed by atoms with van der Waals surface area (Å²) in [5, 5.41) is 8.36. The Morgan fingerprint density at radius 3 is 2.38 bits per heavy atom. The standard InChI is InChI=1S/C19H23N5O2/c1-2-23(14-16-6-4-3-5-7-16)19(26)17-8-9-18(21-20-17)24-12-10-22(15-25)11-13-24/h3-9,15H,2,10-14H2,1H3. The molecule has 0 saturated carbocycles. The number of hydrogen-bond donors (Lipinski definition) is 0. The van der Waals surface area contributed by atoms with Crippen LogP contribution in [0.1, 0.15) is 23.0 Å². The summed E-state index contributed by atoms with van der Waals surface area (Å²) in [7, 11) is 0. The summed E-state index contributed by atoms with van der Waals surface area (Å²) in [5.74, 6) is 0.611. The zero-order chi connectivity index (χ0) is 18.4. The summed E-state index contributed by atoms with van der Waals surface area (Å²) in [6, 6.07) is 13.4. The summed E-state index contributed by atoms with van der Waals surface area (Å²) < 4.78 is 0. The van der Waals surface area contributed by atoms with E-state index in [1.54, 1.807) is 15.9 Å². The number of carbonyl (C=O) groups excluding carboxylic acids is 2. The molecule has 26 heavy (non-hydrogen) atoms. The van der Waals surface area contributed by atoms with E-state index in [4.69, 9.17) is 0 Å². The van der Waals surface area contributed by atoms with Gasteiger partial charge in [-0.2, -0.15) is 0 Å². The molecule has 0 aliphatic carbocycles. The first-order valence-electron chi connectivity index (χ1n) is 8.82. The highest BCUT2D eigenvalue weighted by molar-refractivity contribution is 5.92. The highest BCUT2D eigenvalue weighted by Gasteiger charge is 2.19. The van der Waals surface area contributed by atoms with Gasteiger partial charge in [-0.1, -0.05) is 30.3 Å². The van der Waals surface area contributed by atoms with Gasteiger partial charge in [-0.05, 0) is 24.6 Å². The van der Waals surface area contributed by atoms with Crippen molar-refractivity contribution < 1.29 is 9.59 Å². The van der Waals surface area contributed by atoms with Crippen LogP contribution < -0.4 is 4.90 Å². The van der Waals surface area contributed by atoms with E-state index in [2.05, 4.69) is 15.1 Å². The van der Waals surface area contributed by atoms with Crippen molar-refractivity contribution in [2.24, 2.45) is 0 Å². The number of rotatable bonds is 6. The molecule has 0 N–H and O–H groups in total. The van der Waals surface area contributed by atoms with Crippen molar-refractivity contribution in [2.75, 3.05) is 37.6 Å². The number of amides is 2. The van der Waals surface area contributed by atoms with Gasteiger partial charge >= 0.3 is 0 Å². The van der Waals surface area contributed by atoms with Gasteiger partial charge in [0.1, 0.15) is 0 Å². The van der Waals surface area contributed by atoms with Crippen LogP contribution in [0.25, 0.3) is 0 Å². The molecule has 1 saturated heterocycles. The van der Waals surface area contributed by atoms with Crippen LogP contribution in [0, 0.1) is 0 Å². The minimum Gasteiger partial charge on any atom is -0.352 e. The first kappa shape index (κ1) is 17.8. The third-order valence-corrected chi connectivity index (χ3v) is 4.54. The fraction of sp³-hybridized carbons (Fsp3) is 0.368. The molecule has 0 spiro atoms. The van der Waals surface area contributed by atoms with Crippen molar-refractivity contribution in [1.82, 2.24) is 20.0 Å². The molecule has 1 aromatic carbocycles.